The molecule has 1 aromatic carbocycles. The van der Waals surface area contributed by atoms with Crippen LogP contribution in [0.2, 0.25) is 0 Å². The maximum absolute atomic E-state index is 12.5. The Morgan fingerprint density at radius 1 is 1.39 bits per heavy atom. The van der Waals surface area contributed by atoms with Crippen LogP contribution in [0.15, 0.2) is 24.3 Å². The number of alkyl halides is 3. The Labute approximate surface area is 104 Å². The molecule has 0 amide bonds. The fourth-order valence-electron chi connectivity index (χ4n) is 2.11. The van der Waals surface area contributed by atoms with Crippen molar-refractivity contribution in [2.24, 2.45) is 0 Å². The SMILES string of the molecule is CC1OCCC1NCc1cccc(C(F)(F)F)c1. The highest BCUT2D eigenvalue weighted by atomic mass is 19.4. The van der Waals surface area contributed by atoms with Crippen LogP contribution in [-0.2, 0) is 17.5 Å². The molecule has 2 rings (SSSR count). The molecule has 0 aromatic heterocycles. The van der Waals surface area contributed by atoms with Crippen molar-refractivity contribution in [1.82, 2.24) is 5.32 Å². The van der Waals surface area contributed by atoms with E-state index in [0.29, 0.717) is 18.7 Å². The summed E-state index contributed by atoms with van der Waals surface area (Å²) in [5.74, 6) is 0. The summed E-state index contributed by atoms with van der Waals surface area (Å²) in [4.78, 5) is 0. The van der Waals surface area contributed by atoms with Gasteiger partial charge in [0.1, 0.15) is 0 Å². The fourth-order valence-corrected chi connectivity index (χ4v) is 2.11. The molecule has 0 radical (unpaired) electrons. The minimum Gasteiger partial charge on any atom is -0.377 e. The smallest absolute Gasteiger partial charge is 0.377 e. The molecule has 1 aromatic rings. The quantitative estimate of drug-likeness (QED) is 0.901. The normalized spacial score (nSPS) is 24.4. The van der Waals surface area contributed by atoms with Gasteiger partial charge in [0, 0.05) is 19.2 Å². The number of nitrogens with one attached hydrogen (secondary N) is 1. The highest BCUT2D eigenvalue weighted by molar-refractivity contribution is 5.25. The highest BCUT2D eigenvalue weighted by Crippen LogP contribution is 2.29. The number of hydrogen-bond donors (Lipinski definition) is 1. The fraction of sp³-hybridized carbons (Fsp3) is 0.538. The van der Waals surface area contributed by atoms with E-state index in [1.54, 1.807) is 6.07 Å². The zero-order valence-electron chi connectivity index (χ0n) is 10.1. The van der Waals surface area contributed by atoms with Gasteiger partial charge < -0.3 is 10.1 Å². The molecule has 2 unspecified atom stereocenters. The van der Waals surface area contributed by atoms with Crippen LogP contribution in [0.5, 0.6) is 0 Å². The standard InChI is InChI=1S/C13H16F3NO/c1-9-12(5-6-18-9)17-8-10-3-2-4-11(7-10)13(14,15)16/h2-4,7,9,12,17H,5-6,8H2,1H3. The summed E-state index contributed by atoms with van der Waals surface area (Å²) in [6.45, 7) is 3.11. The lowest BCUT2D eigenvalue weighted by molar-refractivity contribution is -0.137. The first-order valence-corrected chi connectivity index (χ1v) is 5.98. The van der Waals surface area contributed by atoms with E-state index in [9.17, 15) is 13.2 Å². The summed E-state index contributed by atoms with van der Waals surface area (Å²) >= 11 is 0. The van der Waals surface area contributed by atoms with Crippen molar-refractivity contribution in [2.45, 2.75) is 38.2 Å². The molecule has 0 spiro atoms. The second-order valence-corrected chi connectivity index (χ2v) is 4.55. The lowest BCUT2D eigenvalue weighted by Gasteiger charge is -2.16. The lowest BCUT2D eigenvalue weighted by Crippen LogP contribution is -2.34. The van der Waals surface area contributed by atoms with Gasteiger partial charge in [-0.3, -0.25) is 0 Å². The van der Waals surface area contributed by atoms with Crippen LogP contribution in [-0.4, -0.2) is 18.8 Å². The van der Waals surface area contributed by atoms with E-state index < -0.39 is 11.7 Å². The van der Waals surface area contributed by atoms with Crippen molar-refractivity contribution in [2.75, 3.05) is 6.61 Å². The van der Waals surface area contributed by atoms with Gasteiger partial charge in [-0.25, -0.2) is 0 Å². The molecule has 100 valence electrons. The number of ether oxygens (including phenoxy) is 1. The monoisotopic (exact) mass is 259 g/mol. The molecule has 1 N–H and O–H groups in total. The van der Waals surface area contributed by atoms with Crippen molar-refractivity contribution in [3.05, 3.63) is 35.4 Å². The van der Waals surface area contributed by atoms with E-state index in [-0.39, 0.29) is 12.1 Å². The summed E-state index contributed by atoms with van der Waals surface area (Å²) in [6, 6.07) is 5.63. The predicted molar refractivity (Wildman–Crippen MR) is 62.1 cm³/mol. The molecule has 2 nitrogen and oxygen atoms in total. The topological polar surface area (TPSA) is 21.3 Å². The van der Waals surface area contributed by atoms with Crippen molar-refractivity contribution >= 4 is 0 Å². The van der Waals surface area contributed by atoms with Gasteiger partial charge in [-0.15, -0.1) is 0 Å². The van der Waals surface area contributed by atoms with Crippen LogP contribution < -0.4 is 5.32 Å². The maximum Gasteiger partial charge on any atom is 0.416 e. The van der Waals surface area contributed by atoms with Crippen LogP contribution >= 0.6 is 0 Å². The van der Waals surface area contributed by atoms with Crippen molar-refractivity contribution in [3.8, 4) is 0 Å². The molecular formula is C13H16F3NO. The van der Waals surface area contributed by atoms with Gasteiger partial charge in [-0.1, -0.05) is 18.2 Å². The van der Waals surface area contributed by atoms with E-state index in [2.05, 4.69) is 5.32 Å². The Bertz CT molecular complexity index is 405. The van der Waals surface area contributed by atoms with E-state index in [1.807, 2.05) is 6.92 Å². The molecule has 0 aliphatic carbocycles. The summed E-state index contributed by atoms with van der Waals surface area (Å²) < 4.78 is 43.0. The molecule has 1 aliphatic rings. The van der Waals surface area contributed by atoms with Gasteiger partial charge in [0.25, 0.3) is 0 Å². The minimum absolute atomic E-state index is 0.121. The van der Waals surface area contributed by atoms with Crippen LogP contribution in [0.25, 0.3) is 0 Å². The Morgan fingerprint density at radius 2 is 2.17 bits per heavy atom. The van der Waals surface area contributed by atoms with Crippen LogP contribution in [0.4, 0.5) is 13.2 Å². The molecule has 1 fully saturated rings. The predicted octanol–water partition coefficient (Wildman–Crippen LogP) is 2.97. The molecule has 1 heterocycles. The Hall–Kier alpha value is -1.07. The summed E-state index contributed by atoms with van der Waals surface area (Å²) in [7, 11) is 0. The Balaban J connectivity index is 1.97. The molecule has 0 saturated carbocycles. The van der Waals surface area contributed by atoms with Gasteiger partial charge in [-0.2, -0.15) is 13.2 Å². The van der Waals surface area contributed by atoms with E-state index in [1.165, 1.54) is 12.1 Å². The summed E-state index contributed by atoms with van der Waals surface area (Å²) in [5, 5.41) is 3.23. The third-order valence-electron chi connectivity index (χ3n) is 3.20. The molecule has 1 aliphatic heterocycles. The molecule has 5 heteroatoms. The third kappa shape index (κ3) is 3.23. The second-order valence-electron chi connectivity index (χ2n) is 4.55. The van der Waals surface area contributed by atoms with Crippen LogP contribution in [0, 0.1) is 0 Å². The second kappa shape index (κ2) is 5.28. The largest absolute Gasteiger partial charge is 0.416 e. The van der Waals surface area contributed by atoms with Crippen molar-refractivity contribution < 1.29 is 17.9 Å². The third-order valence-corrected chi connectivity index (χ3v) is 3.20. The van der Waals surface area contributed by atoms with Gasteiger partial charge in [0.2, 0.25) is 0 Å². The first-order chi connectivity index (χ1) is 8.47. The zero-order chi connectivity index (χ0) is 13.2. The maximum atomic E-state index is 12.5. The van der Waals surface area contributed by atoms with Gasteiger partial charge in [0.15, 0.2) is 0 Å². The molecule has 0 bridgehead atoms. The number of hydrogen-bond acceptors (Lipinski definition) is 2. The molecule has 18 heavy (non-hydrogen) atoms. The first-order valence-electron chi connectivity index (χ1n) is 5.98. The van der Waals surface area contributed by atoms with Crippen molar-refractivity contribution in [3.63, 3.8) is 0 Å². The van der Waals surface area contributed by atoms with Gasteiger partial charge in [-0.05, 0) is 25.0 Å². The Morgan fingerprint density at radius 3 is 2.78 bits per heavy atom. The minimum atomic E-state index is -4.28. The highest BCUT2D eigenvalue weighted by Gasteiger charge is 2.30. The zero-order valence-corrected chi connectivity index (χ0v) is 10.1. The average molecular weight is 259 g/mol. The molecule has 1 saturated heterocycles. The number of halogens is 3. The van der Waals surface area contributed by atoms with Crippen LogP contribution in [0.1, 0.15) is 24.5 Å². The average Bonchev–Trinajstić information content (AvgIpc) is 2.72. The summed E-state index contributed by atoms with van der Waals surface area (Å²) in [5.41, 5.74) is 0.0430. The number of benzene rings is 1. The lowest BCUT2D eigenvalue weighted by atomic mass is 10.1. The van der Waals surface area contributed by atoms with Crippen LogP contribution in [0.3, 0.4) is 0 Å². The van der Waals surface area contributed by atoms with Gasteiger partial charge >= 0.3 is 6.18 Å². The van der Waals surface area contributed by atoms with Gasteiger partial charge in [0.05, 0.1) is 11.7 Å². The first kappa shape index (κ1) is 13.4. The van der Waals surface area contributed by atoms with E-state index in [4.69, 9.17) is 4.74 Å². The number of rotatable bonds is 3. The van der Waals surface area contributed by atoms with E-state index in [0.717, 1.165) is 12.5 Å². The van der Waals surface area contributed by atoms with Crippen molar-refractivity contribution in [1.29, 1.82) is 0 Å². The Kier molecular flexibility index (Phi) is 3.92. The summed E-state index contributed by atoms with van der Waals surface area (Å²) in [6.07, 6.45) is -3.25. The van der Waals surface area contributed by atoms with E-state index >= 15 is 0 Å². The molecule has 2 atom stereocenters. The molecular weight excluding hydrogens is 243 g/mol.